The summed E-state index contributed by atoms with van der Waals surface area (Å²) in [5.41, 5.74) is 0. The molecule has 0 saturated carbocycles. The number of carbonyl (C=O) groups is 2. The summed E-state index contributed by atoms with van der Waals surface area (Å²) in [7, 11) is 0. The highest BCUT2D eigenvalue weighted by atomic mass is 35.5. The van der Waals surface area contributed by atoms with E-state index in [-0.39, 0.29) is 24.3 Å². The van der Waals surface area contributed by atoms with Crippen LogP contribution >= 0.6 is 23.2 Å². The van der Waals surface area contributed by atoms with Crippen LogP contribution in [0.15, 0.2) is 30.9 Å². The van der Waals surface area contributed by atoms with Crippen molar-refractivity contribution in [3.63, 3.8) is 0 Å². The van der Waals surface area contributed by atoms with E-state index in [0.29, 0.717) is 48.3 Å². The van der Waals surface area contributed by atoms with E-state index < -0.39 is 0 Å². The van der Waals surface area contributed by atoms with Crippen LogP contribution in [0.2, 0.25) is 10.0 Å². The van der Waals surface area contributed by atoms with Crippen molar-refractivity contribution in [1.82, 2.24) is 10.2 Å². The van der Waals surface area contributed by atoms with E-state index in [9.17, 15) is 9.59 Å². The molecule has 1 aliphatic heterocycles. The molecule has 1 fully saturated rings. The van der Waals surface area contributed by atoms with Gasteiger partial charge in [-0.2, -0.15) is 0 Å². The van der Waals surface area contributed by atoms with Crippen molar-refractivity contribution in [3.05, 3.63) is 40.9 Å². The van der Waals surface area contributed by atoms with E-state index in [4.69, 9.17) is 27.9 Å². The molecule has 0 unspecified atom stereocenters. The van der Waals surface area contributed by atoms with Crippen LogP contribution in [0.4, 0.5) is 0 Å². The second kappa shape index (κ2) is 8.94. The van der Waals surface area contributed by atoms with Crippen molar-refractivity contribution in [3.8, 4) is 5.75 Å². The molecule has 1 aromatic rings. The molecule has 2 rings (SSSR count). The van der Waals surface area contributed by atoms with E-state index in [1.165, 1.54) is 0 Å². The Morgan fingerprint density at radius 3 is 2.67 bits per heavy atom. The highest BCUT2D eigenvalue weighted by Gasteiger charge is 2.27. The first-order chi connectivity index (χ1) is 11.5. The van der Waals surface area contributed by atoms with Gasteiger partial charge in [0.1, 0.15) is 5.75 Å². The minimum atomic E-state index is -0.119. The van der Waals surface area contributed by atoms with Gasteiger partial charge in [0.05, 0.1) is 5.02 Å². The molecule has 7 heteroatoms. The minimum absolute atomic E-state index is 0.0196. The van der Waals surface area contributed by atoms with E-state index >= 15 is 0 Å². The molecular formula is C17H20Cl2N2O3. The first-order valence-electron chi connectivity index (χ1n) is 7.75. The van der Waals surface area contributed by atoms with Crippen molar-refractivity contribution in [1.29, 1.82) is 0 Å². The fraction of sp³-hybridized carbons (Fsp3) is 0.412. The molecule has 130 valence electrons. The van der Waals surface area contributed by atoms with Crippen LogP contribution in [0.3, 0.4) is 0 Å². The molecule has 0 aromatic heterocycles. The predicted octanol–water partition coefficient (Wildman–Crippen LogP) is 2.91. The van der Waals surface area contributed by atoms with E-state index in [0.717, 1.165) is 0 Å². The SMILES string of the molecule is C=CCNC(=O)C1CCN(C(=O)COc2ccc(Cl)cc2Cl)CC1. The van der Waals surface area contributed by atoms with Crippen LogP contribution in [0.1, 0.15) is 12.8 Å². The maximum atomic E-state index is 12.2. The lowest BCUT2D eigenvalue weighted by Crippen LogP contribution is -2.44. The molecule has 1 aromatic carbocycles. The number of carbonyl (C=O) groups excluding carboxylic acids is 2. The smallest absolute Gasteiger partial charge is 0.260 e. The highest BCUT2D eigenvalue weighted by molar-refractivity contribution is 6.35. The Labute approximate surface area is 151 Å². The third-order valence-corrected chi connectivity index (χ3v) is 4.41. The Hall–Kier alpha value is -1.72. The quantitative estimate of drug-likeness (QED) is 0.783. The number of nitrogens with zero attached hydrogens (tertiary/aromatic N) is 1. The average molecular weight is 371 g/mol. The zero-order valence-electron chi connectivity index (χ0n) is 13.3. The fourth-order valence-corrected chi connectivity index (χ4v) is 2.99. The third-order valence-electron chi connectivity index (χ3n) is 3.88. The number of ether oxygens (including phenoxy) is 1. The Kier molecular flexibility index (Phi) is 6.94. The summed E-state index contributed by atoms with van der Waals surface area (Å²) < 4.78 is 5.46. The minimum Gasteiger partial charge on any atom is -0.482 e. The Bertz CT molecular complexity index is 614. The molecule has 0 radical (unpaired) electrons. The van der Waals surface area contributed by atoms with Crippen LogP contribution in [0.5, 0.6) is 5.75 Å². The third kappa shape index (κ3) is 5.14. The summed E-state index contributed by atoms with van der Waals surface area (Å²) >= 11 is 11.8. The van der Waals surface area contributed by atoms with Crippen LogP contribution in [0.25, 0.3) is 0 Å². The summed E-state index contributed by atoms with van der Waals surface area (Å²) in [6.07, 6.45) is 2.95. The summed E-state index contributed by atoms with van der Waals surface area (Å²) in [5.74, 6) is 0.269. The van der Waals surface area contributed by atoms with Gasteiger partial charge in [-0.25, -0.2) is 0 Å². The lowest BCUT2D eigenvalue weighted by molar-refractivity contribution is -0.137. The van der Waals surface area contributed by atoms with Crippen molar-refractivity contribution in [2.75, 3.05) is 26.2 Å². The number of nitrogens with one attached hydrogen (secondary N) is 1. The molecule has 2 amide bonds. The van der Waals surface area contributed by atoms with Crippen molar-refractivity contribution in [2.24, 2.45) is 5.92 Å². The highest BCUT2D eigenvalue weighted by Crippen LogP contribution is 2.27. The van der Waals surface area contributed by atoms with Gasteiger partial charge in [-0.3, -0.25) is 9.59 Å². The van der Waals surface area contributed by atoms with Gasteiger partial charge < -0.3 is 15.0 Å². The second-order valence-electron chi connectivity index (χ2n) is 5.55. The Morgan fingerprint density at radius 1 is 1.33 bits per heavy atom. The number of hydrogen-bond acceptors (Lipinski definition) is 3. The molecule has 0 bridgehead atoms. The monoisotopic (exact) mass is 370 g/mol. The van der Waals surface area contributed by atoms with E-state index in [2.05, 4.69) is 11.9 Å². The summed E-state index contributed by atoms with van der Waals surface area (Å²) in [4.78, 5) is 25.8. The van der Waals surface area contributed by atoms with Crippen LogP contribution in [-0.2, 0) is 9.59 Å². The molecule has 1 aliphatic rings. The number of rotatable bonds is 6. The molecule has 1 saturated heterocycles. The molecule has 1 N–H and O–H groups in total. The maximum Gasteiger partial charge on any atom is 0.260 e. The number of piperidine rings is 1. The molecule has 0 aliphatic carbocycles. The summed E-state index contributed by atoms with van der Waals surface area (Å²) in [5, 5.41) is 3.67. The fourth-order valence-electron chi connectivity index (χ4n) is 2.53. The second-order valence-corrected chi connectivity index (χ2v) is 6.40. The van der Waals surface area contributed by atoms with Crippen LogP contribution < -0.4 is 10.1 Å². The molecular weight excluding hydrogens is 351 g/mol. The van der Waals surface area contributed by atoms with E-state index in [1.54, 1.807) is 29.2 Å². The van der Waals surface area contributed by atoms with Gasteiger partial charge in [-0.15, -0.1) is 6.58 Å². The molecule has 0 spiro atoms. The lowest BCUT2D eigenvalue weighted by Gasteiger charge is -2.31. The van der Waals surface area contributed by atoms with Crippen molar-refractivity contribution in [2.45, 2.75) is 12.8 Å². The van der Waals surface area contributed by atoms with Crippen LogP contribution in [-0.4, -0.2) is 43.0 Å². The predicted molar refractivity (Wildman–Crippen MR) is 94.5 cm³/mol. The molecule has 5 nitrogen and oxygen atoms in total. The summed E-state index contributed by atoms with van der Waals surface area (Å²) in [6, 6.07) is 4.85. The molecule has 24 heavy (non-hydrogen) atoms. The van der Waals surface area contributed by atoms with Gasteiger partial charge in [0.25, 0.3) is 5.91 Å². The van der Waals surface area contributed by atoms with Gasteiger partial charge in [0.2, 0.25) is 5.91 Å². The van der Waals surface area contributed by atoms with Gasteiger partial charge in [-0.1, -0.05) is 29.3 Å². The molecule has 0 atom stereocenters. The zero-order chi connectivity index (χ0) is 17.5. The zero-order valence-corrected chi connectivity index (χ0v) is 14.8. The lowest BCUT2D eigenvalue weighted by atomic mass is 9.96. The Balaban J connectivity index is 1.78. The maximum absolute atomic E-state index is 12.2. The number of hydrogen-bond donors (Lipinski definition) is 1. The van der Waals surface area contributed by atoms with E-state index in [1.807, 2.05) is 0 Å². The van der Waals surface area contributed by atoms with Gasteiger partial charge in [0, 0.05) is 30.6 Å². The number of benzene rings is 1. The largest absolute Gasteiger partial charge is 0.482 e. The topological polar surface area (TPSA) is 58.6 Å². The van der Waals surface area contributed by atoms with Crippen molar-refractivity contribution < 1.29 is 14.3 Å². The standard InChI is InChI=1S/C17H20Cl2N2O3/c1-2-7-20-17(23)12-5-8-21(9-6-12)16(22)11-24-15-4-3-13(18)10-14(15)19/h2-4,10,12H,1,5-9,11H2,(H,20,23). The van der Waals surface area contributed by atoms with Crippen molar-refractivity contribution >= 4 is 35.0 Å². The van der Waals surface area contributed by atoms with Crippen LogP contribution in [0, 0.1) is 5.92 Å². The van der Waals surface area contributed by atoms with Gasteiger partial charge in [0.15, 0.2) is 6.61 Å². The average Bonchev–Trinajstić information content (AvgIpc) is 2.58. The normalized spacial score (nSPS) is 15.0. The number of amides is 2. The molecule has 1 heterocycles. The number of halogens is 2. The van der Waals surface area contributed by atoms with Gasteiger partial charge in [-0.05, 0) is 31.0 Å². The van der Waals surface area contributed by atoms with Gasteiger partial charge >= 0.3 is 0 Å². The first-order valence-corrected chi connectivity index (χ1v) is 8.51. The Morgan fingerprint density at radius 2 is 2.04 bits per heavy atom. The first kappa shape index (κ1) is 18.6. The summed E-state index contributed by atoms with van der Waals surface area (Å²) in [6.45, 7) is 5.04. The number of likely N-dealkylation sites (tertiary alicyclic amines) is 1.